The molecular formula is C21H24AlBr2Cl3O4. The van der Waals surface area contributed by atoms with Crippen LogP contribution in [-0.4, -0.2) is 34.2 Å². The van der Waals surface area contributed by atoms with Gasteiger partial charge in [-0.1, -0.05) is 31.9 Å². The van der Waals surface area contributed by atoms with Gasteiger partial charge in [0.25, 0.3) is 0 Å². The van der Waals surface area contributed by atoms with Crippen LogP contribution in [0.3, 0.4) is 0 Å². The van der Waals surface area contributed by atoms with Gasteiger partial charge in [0, 0.05) is 20.1 Å². The van der Waals surface area contributed by atoms with E-state index in [9.17, 15) is 14.7 Å². The topological polar surface area (TPSA) is 63.6 Å². The van der Waals surface area contributed by atoms with E-state index >= 15 is 0 Å². The number of hydrogen-bond donors (Lipinski definition) is 1. The molecule has 0 radical (unpaired) electrons. The minimum absolute atomic E-state index is 0.0375. The van der Waals surface area contributed by atoms with Crippen molar-refractivity contribution in [1.29, 1.82) is 0 Å². The molecule has 2 aromatic rings. The number of ketones is 2. The highest BCUT2D eigenvalue weighted by Crippen LogP contribution is 2.28. The third-order valence-corrected chi connectivity index (χ3v) is 4.98. The van der Waals surface area contributed by atoms with Gasteiger partial charge in [0.1, 0.15) is 11.5 Å². The molecule has 4 nitrogen and oxygen atoms in total. The molecule has 0 saturated carbocycles. The smallest absolute Gasteiger partial charge is 0.508 e. The van der Waals surface area contributed by atoms with Crippen molar-refractivity contribution < 1.29 is 19.4 Å². The van der Waals surface area contributed by atoms with Gasteiger partial charge in [-0.15, -0.1) is 0 Å². The van der Waals surface area contributed by atoms with Gasteiger partial charge in [0.2, 0.25) is 0 Å². The summed E-state index contributed by atoms with van der Waals surface area (Å²) >= 11 is 4.90. The summed E-state index contributed by atoms with van der Waals surface area (Å²) in [5, 5.41) is 9.30. The Morgan fingerprint density at radius 1 is 0.903 bits per heavy atom. The Kier molecular flexibility index (Phi) is 14.7. The standard InChI is InChI=1S/C12H15BrO2.C9H9BrO2.Al.3ClH/c1-7(2)15-12-6-10(9(4)14)11(13)5-8(12)3;1-5-3-8(10)7(6(2)11)4-9(5)12;;;;/h5-7H,1-4H3;3-4,12H,1-2H3;;3*1H/q;;+3;;;/p-3. The predicted molar refractivity (Wildman–Crippen MR) is 139 cm³/mol. The Hall–Kier alpha value is -0.258. The van der Waals surface area contributed by atoms with Crippen LogP contribution in [0.5, 0.6) is 11.5 Å². The minimum Gasteiger partial charge on any atom is -0.508 e. The maximum absolute atomic E-state index is 11.3. The summed E-state index contributed by atoms with van der Waals surface area (Å²) in [6.45, 7) is 10.7. The molecule has 2 rings (SSSR count). The Morgan fingerprint density at radius 2 is 1.29 bits per heavy atom. The maximum atomic E-state index is 11.3. The summed E-state index contributed by atoms with van der Waals surface area (Å²) in [5.41, 5.74) is 2.96. The average molecular weight is 634 g/mol. The molecule has 0 fully saturated rings. The number of aromatic hydroxyl groups is 1. The first-order valence-electron chi connectivity index (χ1n) is 9.07. The van der Waals surface area contributed by atoms with Gasteiger partial charge in [0.15, 0.2) is 11.6 Å². The van der Waals surface area contributed by atoms with Crippen molar-refractivity contribution in [2.75, 3.05) is 0 Å². The Labute approximate surface area is 217 Å². The molecule has 0 saturated heterocycles. The van der Waals surface area contributed by atoms with Gasteiger partial charge in [-0.25, -0.2) is 30.1 Å². The van der Waals surface area contributed by atoms with Gasteiger partial charge in [-0.05, 0) is 76.9 Å². The summed E-state index contributed by atoms with van der Waals surface area (Å²) < 4.78 is 7.17. The summed E-state index contributed by atoms with van der Waals surface area (Å²) in [6, 6.07) is 6.91. The number of ether oxygens (including phenoxy) is 1. The van der Waals surface area contributed by atoms with Crippen LogP contribution in [-0.2, 0) is 0 Å². The van der Waals surface area contributed by atoms with E-state index in [-0.39, 0.29) is 23.4 Å². The lowest BCUT2D eigenvalue weighted by Crippen LogP contribution is -2.08. The Balaban J connectivity index is 0.000000504. The molecule has 0 unspecified atom stereocenters. The Bertz CT molecular complexity index is 919. The van der Waals surface area contributed by atoms with Crippen LogP contribution < -0.4 is 4.74 Å². The number of benzene rings is 2. The molecular weight excluding hydrogens is 609 g/mol. The van der Waals surface area contributed by atoms with Crippen LogP contribution in [0, 0.1) is 13.8 Å². The average Bonchev–Trinajstić information content (AvgIpc) is 2.59. The number of carbonyl (C=O) groups excluding carboxylic acids is 2. The summed E-state index contributed by atoms with van der Waals surface area (Å²) in [5.74, 6) is 0.912. The van der Waals surface area contributed by atoms with Crippen molar-refractivity contribution >= 4 is 85.0 Å². The van der Waals surface area contributed by atoms with E-state index in [1.807, 2.05) is 26.8 Å². The number of rotatable bonds is 4. The lowest BCUT2D eigenvalue weighted by molar-refractivity contribution is 0.100. The highest BCUT2D eigenvalue weighted by atomic mass is 79.9. The van der Waals surface area contributed by atoms with Gasteiger partial charge in [-0.2, -0.15) is 0 Å². The van der Waals surface area contributed by atoms with Crippen molar-refractivity contribution in [2.24, 2.45) is 0 Å². The van der Waals surface area contributed by atoms with E-state index in [0.717, 1.165) is 25.8 Å². The molecule has 0 bridgehead atoms. The summed E-state index contributed by atoms with van der Waals surface area (Å²) in [7, 11) is 14.8. The fourth-order valence-electron chi connectivity index (χ4n) is 2.23. The fraction of sp³-hybridized carbons (Fsp3) is 0.333. The first-order chi connectivity index (χ1) is 14.2. The van der Waals surface area contributed by atoms with Crippen LogP contribution in [0.1, 0.15) is 59.5 Å². The zero-order valence-electron chi connectivity index (χ0n) is 18.0. The van der Waals surface area contributed by atoms with Crippen LogP contribution in [0.4, 0.5) is 0 Å². The first kappa shape index (κ1) is 30.7. The van der Waals surface area contributed by atoms with Gasteiger partial charge >= 0.3 is 11.4 Å². The molecule has 0 amide bonds. The first-order valence-corrected chi connectivity index (χ1v) is 15.9. The zero-order chi connectivity index (χ0) is 24.5. The van der Waals surface area contributed by atoms with E-state index in [1.54, 1.807) is 26.0 Å². The van der Waals surface area contributed by atoms with E-state index in [2.05, 4.69) is 31.9 Å². The highest BCUT2D eigenvalue weighted by molar-refractivity contribution is 9.10. The molecule has 0 spiro atoms. The molecule has 0 heterocycles. The predicted octanol–water partition coefficient (Wildman–Crippen LogP) is 8.10. The number of Topliss-reactive ketones (excluding diaryl/α,β-unsaturated/α-hetero) is 2. The second kappa shape index (κ2) is 14.8. The second-order valence-corrected chi connectivity index (χ2v) is 14.9. The zero-order valence-corrected chi connectivity index (χ0v) is 24.6. The molecule has 0 aliphatic rings. The van der Waals surface area contributed by atoms with E-state index in [0.29, 0.717) is 11.1 Å². The van der Waals surface area contributed by atoms with Crippen LogP contribution in [0.25, 0.3) is 0 Å². The number of aryl methyl sites for hydroxylation is 2. The van der Waals surface area contributed by atoms with Crippen LogP contribution >= 0.6 is 62.0 Å². The SMILES string of the molecule is CC(=O)c1cc(O)c(C)cc1Br.CC(=O)c1cc(OC(C)C)c(C)cc1Br.[Cl][Al]([Cl])[Cl]. The van der Waals surface area contributed by atoms with Crippen molar-refractivity contribution in [1.82, 2.24) is 0 Å². The highest BCUT2D eigenvalue weighted by Gasteiger charge is 2.11. The normalized spacial score (nSPS) is 9.81. The van der Waals surface area contributed by atoms with Crippen LogP contribution in [0.2, 0.25) is 0 Å². The number of carbonyl (C=O) groups is 2. The fourth-order valence-corrected chi connectivity index (χ4v) is 3.71. The minimum atomic E-state index is -1.72. The number of phenols is 1. The molecule has 170 valence electrons. The van der Waals surface area contributed by atoms with Gasteiger partial charge in [-0.3, -0.25) is 9.59 Å². The number of hydrogen-bond acceptors (Lipinski definition) is 4. The van der Waals surface area contributed by atoms with Crippen LogP contribution in [0.15, 0.2) is 33.2 Å². The third-order valence-electron chi connectivity index (χ3n) is 3.67. The van der Waals surface area contributed by atoms with E-state index in [4.69, 9.17) is 34.9 Å². The van der Waals surface area contributed by atoms with Crippen molar-refractivity contribution in [3.05, 3.63) is 55.5 Å². The summed E-state index contributed by atoms with van der Waals surface area (Å²) in [6.07, 6.45) is 0.115. The van der Waals surface area contributed by atoms with Gasteiger partial charge in [0.05, 0.1) is 6.10 Å². The Morgan fingerprint density at radius 3 is 1.68 bits per heavy atom. The van der Waals surface area contributed by atoms with Crippen molar-refractivity contribution in [2.45, 2.75) is 47.6 Å². The molecule has 31 heavy (non-hydrogen) atoms. The summed E-state index contributed by atoms with van der Waals surface area (Å²) in [4.78, 5) is 22.3. The number of phenolic OH excluding ortho intramolecular Hbond substituents is 1. The molecule has 0 aliphatic heterocycles. The molecule has 10 heteroatoms. The molecule has 0 atom stereocenters. The maximum Gasteiger partial charge on any atom is 0.643 e. The lowest BCUT2D eigenvalue weighted by atomic mass is 10.1. The molecule has 0 aliphatic carbocycles. The largest absolute Gasteiger partial charge is 0.643 e. The second-order valence-electron chi connectivity index (χ2n) is 6.74. The van der Waals surface area contributed by atoms with Crippen molar-refractivity contribution in [3.63, 3.8) is 0 Å². The van der Waals surface area contributed by atoms with E-state index < -0.39 is 11.4 Å². The molecule has 2 aromatic carbocycles. The van der Waals surface area contributed by atoms with Crippen molar-refractivity contribution in [3.8, 4) is 11.5 Å². The molecule has 1 N–H and O–H groups in total. The van der Waals surface area contributed by atoms with Gasteiger partial charge < -0.3 is 9.84 Å². The monoisotopic (exact) mass is 630 g/mol. The van der Waals surface area contributed by atoms with E-state index in [1.165, 1.54) is 13.0 Å². The molecule has 0 aromatic heterocycles. The number of halogens is 5. The quantitative estimate of drug-likeness (QED) is 0.273. The lowest BCUT2D eigenvalue weighted by Gasteiger charge is -2.14. The third kappa shape index (κ3) is 12.0.